The lowest BCUT2D eigenvalue weighted by atomic mass is 10.0. The highest BCUT2D eigenvalue weighted by Gasteiger charge is 2.36. The summed E-state index contributed by atoms with van der Waals surface area (Å²) in [6, 6.07) is 29.6. The molecule has 1 aliphatic heterocycles. The topological polar surface area (TPSA) is 64.3 Å². The third kappa shape index (κ3) is 4.56. The molecule has 196 valence electrons. The van der Waals surface area contributed by atoms with Crippen LogP contribution in [0.3, 0.4) is 0 Å². The normalized spacial score (nSPS) is 14.3. The van der Waals surface area contributed by atoms with Gasteiger partial charge in [-0.2, -0.15) is 5.10 Å². The number of urea groups is 1. The van der Waals surface area contributed by atoms with Crippen LogP contribution in [0.2, 0.25) is 0 Å². The van der Waals surface area contributed by atoms with E-state index in [2.05, 4.69) is 28.2 Å². The molecule has 1 N–H and O–H groups in total. The summed E-state index contributed by atoms with van der Waals surface area (Å²) in [6.45, 7) is 6.97. The molecular formula is C32H31N5O2. The number of fused-ring (bicyclic) bond motifs is 3. The number of carbonyl (C=O) groups is 1. The molecule has 0 bridgehead atoms. The molecule has 0 fully saturated rings. The number of anilines is 1. The van der Waals surface area contributed by atoms with Gasteiger partial charge in [0.1, 0.15) is 11.6 Å². The van der Waals surface area contributed by atoms with Gasteiger partial charge in [0.25, 0.3) is 0 Å². The number of amides is 2. The van der Waals surface area contributed by atoms with Crippen LogP contribution in [-0.4, -0.2) is 31.9 Å². The minimum absolute atomic E-state index is 0.182. The average Bonchev–Trinajstić information content (AvgIpc) is 3.51. The van der Waals surface area contributed by atoms with Crippen molar-refractivity contribution < 1.29 is 9.53 Å². The predicted octanol–water partition coefficient (Wildman–Crippen LogP) is 6.82. The molecular weight excluding hydrogens is 486 g/mol. The molecule has 6 rings (SSSR count). The third-order valence-electron chi connectivity index (χ3n) is 7.14. The zero-order valence-electron chi connectivity index (χ0n) is 22.3. The Hall–Kier alpha value is -4.78. The van der Waals surface area contributed by atoms with Gasteiger partial charge in [-0.1, -0.05) is 48.0 Å². The molecule has 0 aliphatic carbocycles. The van der Waals surface area contributed by atoms with Crippen molar-refractivity contribution in [1.29, 1.82) is 0 Å². The number of benzene rings is 3. The van der Waals surface area contributed by atoms with Crippen LogP contribution in [0.4, 0.5) is 10.5 Å². The van der Waals surface area contributed by atoms with Gasteiger partial charge in [0.2, 0.25) is 0 Å². The summed E-state index contributed by atoms with van der Waals surface area (Å²) in [5, 5.41) is 8.06. The molecule has 0 saturated heterocycles. The Kier molecular flexibility index (Phi) is 6.40. The van der Waals surface area contributed by atoms with Gasteiger partial charge in [0.05, 0.1) is 36.3 Å². The van der Waals surface area contributed by atoms with Crippen molar-refractivity contribution in [1.82, 2.24) is 19.2 Å². The Labute approximate surface area is 228 Å². The van der Waals surface area contributed by atoms with Gasteiger partial charge < -0.3 is 19.5 Å². The largest absolute Gasteiger partial charge is 0.494 e. The van der Waals surface area contributed by atoms with Crippen molar-refractivity contribution in [2.24, 2.45) is 0 Å². The van der Waals surface area contributed by atoms with Crippen LogP contribution in [0.25, 0.3) is 11.5 Å². The van der Waals surface area contributed by atoms with E-state index >= 15 is 0 Å². The van der Waals surface area contributed by atoms with Gasteiger partial charge in [-0.05, 0) is 74.9 Å². The molecule has 0 spiro atoms. The molecule has 7 nitrogen and oxygen atoms in total. The molecule has 3 heterocycles. The van der Waals surface area contributed by atoms with Gasteiger partial charge in [0.15, 0.2) is 0 Å². The molecule has 5 aromatic rings. The highest BCUT2D eigenvalue weighted by atomic mass is 16.5. The van der Waals surface area contributed by atoms with E-state index in [0.29, 0.717) is 13.2 Å². The van der Waals surface area contributed by atoms with E-state index < -0.39 is 0 Å². The minimum Gasteiger partial charge on any atom is -0.494 e. The zero-order valence-corrected chi connectivity index (χ0v) is 22.3. The third-order valence-corrected chi connectivity index (χ3v) is 7.14. The SMILES string of the molecule is CCOc1cccc([C@@H]2c3cccn3-c3c(c(C)nn3-c3ccccc3)CN2C(=O)Nc2ccc(C)cc2)c1. The summed E-state index contributed by atoms with van der Waals surface area (Å²) >= 11 is 0. The smallest absolute Gasteiger partial charge is 0.322 e. The molecule has 2 amide bonds. The van der Waals surface area contributed by atoms with Crippen LogP contribution in [0, 0.1) is 13.8 Å². The minimum atomic E-state index is -0.359. The summed E-state index contributed by atoms with van der Waals surface area (Å²) in [4.78, 5) is 16.0. The average molecular weight is 518 g/mol. The van der Waals surface area contributed by atoms with Gasteiger partial charge >= 0.3 is 6.03 Å². The molecule has 1 aliphatic rings. The maximum atomic E-state index is 14.1. The first-order chi connectivity index (χ1) is 19.0. The first-order valence-electron chi connectivity index (χ1n) is 13.2. The number of hydrogen-bond donors (Lipinski definition) is 1. The molecule has 7 heteroatoms. The number of hydrogen-bond acceptors (Lipinski definition) is 3. The quantitative estimate of drug-likeness (QED) is 0.278. The standard InChI is InChI=1S/C32H31N5O2/c1-4-39-27-13-8-10-24(20-27)30-29-14-9-19-35(29)31-28(23(3)34-37(31)26-11-6-5-7-12-26)21-36(30)32(38)33-25-17-15-22(2)16-18-25/h5-20,30H,4,21H2,1-3H3,(H,33,38)/t30-/m1/s1. The van der Waals surface area contributed by atoms with Gasteiger partial charge in [0, 0.05) is 17.4 Å². The molecule has 2 aromatic heterocycles. The molecule has 1 atom stereocenters. The summed E-state index contributed by atoms with van der Waals surface area (Å²) in [7, 11) is 0. The van der Waals surface area contributed by atoms with Crippen molar-refractivity contribution in [3.63, 3.8) is 0 Å². The van der Waals surface area contributed by atoms with Crippen LogP contribution in [0.15, 0.2) is 97.2 Å². The Morgan fingerprint density at radius 2 is 1.77 bits per heavy atom. The maximum Gasteiger partial charge on any atom is 0.322 e. The molecule has 0 radical (unpaired) electrons. The van der Waals surface area contributed by atoms with E-state index in [9.17, 15) is 4.79 Å². The lowest BCUT2D eigenvalue weighted by molar-refractivity contribution is 0.194. The summed E-state index contributed by atoms with van der Waals surface area (Å²) in [5.74, 6) is 1.72. The lowest BCUT2D eigenvalue weighted by Crippen LogP contribution is -2.38. The summed E-state index contributed by atoms with van der Waals surface area (Å²) in [5.41, 5.74) is 6.68. The summed E-state index contributed by atoms with van der Waals surface area (Å²) < 4.78 is 9.99. The highest BCUT2D eigenvalue weighted by Crippen LogP contribution is 2.39. The molecule has 39 heavy (non-hydrogen) atoms. The van der Waals surface area contributed by atoms with E-state index in [1.54, 1.807) is 0 Å². The van der Waals surface area contributed by atoms with Crippen molar-refractivity contribution in [3.8, 4) is 17.3 Å². The molecule has 0 unspecified atom stereocenters. The van der Waals surface area contributed by atoms with Crippen LogP contribution in [-0.2, 0) is 6.54 Å². The zero-order chi connectivity index (χ0) is 26.9. The predicted molar refractivity (Wildman–Crippen MR) is 153 cm³/mol. The highest BCUT2D eigenvalue weighted by molar-refractivity contribution is 5.90. The van der Waals surface area contributed by atoms with E-state index in [0.717, 1.165) is 51.0 Å². The maximum absolute atomic E-state index is 14.1. The second kappa shape index (κ2) is 10.2. The fourth-order valence-electron chi connectivity index (χ4n) is 5.27. The Balaban J connectivity index is 1.53. The summed E-state index contributed by atoms with van der Waals surface area (Å²) in [6.07, 6.45) is 2.05. The number of ether oxygens (including phenoxy) is 1. The van der Waals surface area contributed by atoms with Crippen molar-refractivity contribution in [3.05, 3.63) is 125 Å². The number of carbonyl (C=O) groups excluding carboxylic acids is 1. The van der Waals surface area contributed by atoms with Crippen LogP contribution < -0.4 is 10.1 Å². The lowest BCUT2D eigenvalue weighted by Gasteiger charge is -2.31. The van der Waals surface area contributed by atoms with E-state index in [4.69, 9.17) is 9.84 Å². The molecule has 0 saturated carbocycles. The number of para-hydroxylation sites is 1. The van der Waals surface area contributed by atoms with Gasteiger partial charge in [-0.25, -0.2) is 9.48 Å². The Morgan fingerprint density at radius 3 is 2.54 bits per heavy atom. The Morgan fingerprint density at radius 1 is 0.974 bits per heavy atom. The Bertz CT molecular complexity index is 1620. The second-order valence-electron chi connectivity index (χ2n) is 9.77. The van der Waals surface area contributed by atoms with E-state index in [-0.39, 0.29) is 12.1 Å². The number of nitrogens with one attached hydrogen (secondary N) is 1. The van der Waals surface area contributed by atoms with Gasteiger partial charge in [-0.15, -0.1) is 0 Å². The number of aryl methyl sites for hydroxylation is 2. The number of nitrogens with zero attached hydrogens (tertiary/aromatic N) is 4. The molecule has 3 aromatic carbocycles. The van der Waals surface area contributed by atoms with Crippen LogP contribution in [0.5, 0.6) is 5.75 Å². The first kappa shape index (κ1) is 24.6. The van der Waals surface area contributed by atoms with Crippen molar-refractivity contribution in [2.45, 2.75) is 33.4 Å². The number of rotatable bonds is 5. The monoisotopic (exact) mass is 517 g/mol. The first-order valence-corrected chi connectivity index (χ1v) is 13.2. The van der Waals surface area contributed by atoms with Crippen LogP contribution >= 0.6 is 0 Å². The second-order valence-corrected chi connectivity index (χ2v) is 9.77. The van der Waals surface area contributed by atoms with Crippen molar-refractivity contribution in [2.75, 3.05) is 11.9 Å². The fraction of sp³-hybridized carbons (Fsp3) is 0.188. The number of aromatic nitrogens is 3. The van der Waals surface area contributed by atoms with Crippen LogP contribution in [0.1, 0.15) is 41.0 Å². The van der Waals surface area contributed by atoms with E-state index in [1.807, 2.05) is 109 Å². The fourth-order valence-corrected chi connectivity index (χ4v) is 5.27. The van der Waals surface area contributed by atoms with E-state index in [1.165, 1.54) is 0 Å². The van der Waals surface area contributed by atoms with Crippen molar-refractivity contribution >= 4 is 11.7 Å². The van der Waals surface area contributed by atoms with Gasteiger partial charge in [-0.3, -0.25) is 0 Å².